The maximum absolute atomic E-state index is 14.2. The number of carbonyl (C=O) groups is 3. The molecule has 0 radical (unpaired) electrons. The van der Waals surface area contributed by atoms with Gasteiger partial charge < -0.3 is 26.4 Å². The molecule has 276 valence electrons. The van der Waals surface area contributed by atoms with E-state index in [4.69, 9.17) is 16.2 Å². The van der Waals surface area contributed by atoms with Crippen molar-refractivity contribution in [2.45, 2.75) is 16.7 Å². The first-order valence-electron chi connectivity index (χ1n) is 16.4. The van der Waals surface area contributed by atoms with Gasteiger partial charge in [0.2, 0.25) is 17.7 Å². The molecule has 5 N–H and O–H groups in total. The van der Waals surface area contributed by atoms with E-state index in [0.29, 0.717) is 11.4 Å². The molecule has 0 spiro atoms. The van der Waals surface area contributed by atoms with Gasteiger partial charge in [0.15, 0.2) is 0 Å². The van der Waals surface area contributed by atoms with Crippen LogP contribution in [0.25, 0.3) is 10.8 Å². The highest BCUT2D eigenvalue weighted by molar-refractivity contribution is 7.93. The van der Waals surface area contributed by atoms with Gasteiger partial charge in [-0.3, -0.25) is 27.9 Å². The molecule has 1 aliphatic heterocycles. The first-order chi connectivity index (χ1) is 24.7. The first-order valence-corrected chi connectivity index (χ1v) is 19.2. The second kappa shape index (κ2) is 16.0. The normalized spacial score (nSPS) is 14.1. The summed E-state index contributed by atoms with van der Waals surface area (Å²) in [7, 11) is -7.40. The van der Waals surface area contributed by atoms with Gasteiger partial charge in [0.25, 0.3) is 20.0 Å². The van der Waals surface area contributed by atoms with Crippen molar-refractivity contribution in [1.82, 2.24) is 9.80 Å². The molecule has 3 amide bonds. The summed E-state index contributed by atoms with van der Waals surface area (Å²) >= 11 is 0. The van der Waals surface area contributed by atoms with Crippen LogP contribution in [-0.2, 0) is 34.4 Å². The van der Waals surface area contributed by atoms with Gasteiger partial charge in [-0.15, -0.1) is 0 Å². The Bertz CT molecular complexity index is 2160. The lowest BCUT2D eigenvalue weighted by molar-refractivity contribution is -0.118. The van der Waals surface area contributed by atoms with E-state index in [2.05, 4.69) is 22.0 Å². The molecule has 0 atom stereocenters. The molecule has 1 heterocycles. The van der Waals surface area contributed by atoms with Crippen LogP contribution >= 0.6 is 0 Å². The summed E-state index contributed by atoms with van der Waals surface area (Å²) < 4.78 is 63.0. The summed E-state index contributed by atoms with van der Waals surface area (Å²) in [6.45, 7) is 5.08. The molecular weight excluding hydrogens is 711 g/mol. The topological polar surface area (TPSA) is 206 Å². The summed E-state index contributed by atoms with van der Waals surface area (Å²) in [6, 6.07) is 20.1. The molecule has 1 saturated heterocycles. The number of sulfonamides is 2. The number of nitrogens with one attached hydrogen (secondary N) is 1. The molecule has 1 fully saturated rings. The standard InChI is InChI=1S/C35H41N7O8S2/c1-3-39-18-20-40(21-19-39)24-35(45)38-25-8-12-27(13-9-25)51(46,47)41(22-33(36)43)31-16-17-32(30-7-5-4-6-29(30)31)42(23-34(37)44)52(48,49)28-14-10-26(50-2)11-15-28/h4-17H,3,18-24H2,1-2H3,(H2,36,43)(H2,37,44)(H,38,45). The lowest BCUT2D eigenvalue weighted by Crippen LogP contribution is -2.48. The number of piperazine rings is 1. The van der Waals surface area contributed by atoms with Crippen LogP contribution < -0.4 is 30.1 Å². The van der Waals surface area contributed by atoms with Crippen molar-refractivity contribution in [3.8, 4) is 5.75 Å². The monoisotopic (exact) mass is 751 g/mol. The molecule has 5 rings (SSSR count). The van der Waals surface area contributed by atoms with Gasteiger partial charge in [0.1, 0.15) is 18.8 Å². The predicted octanol–water partition coefficient (Wildman–Crippen LogP) is 1.79. The summed E-state index contributed by atoms with van der Waals surface area (Å²) in [6.07, 6.45) is 0. The number of methoxy groups -OCH3 is 1. The van der Waals surface area contributed by atoms with Crippen LogP contribution in [0.1, 0.15) is 6.92 Å². The highest BCUT2D eigenvalue weighted by Crippen LogP contribution is 2.38. The highest BCUT2D eigenvalue weighted by Gasteiger charge is 2.32. The average molecular weight is 752 g/mol. The third-order valence-corrected chi connectivity index (χ3v) is 12.2. The minimum atomic E-state index is -4.46. The Morgan fingerprint density at radius 2 is 1.13 bits per heavy atom. The number of primary amides is 2. The predicted molar refractivity (Wildman–Crippen MR) is 198 cm³/mol. The van der Waals surface area contributed by atoms with E-state index in [1.165, 1.54) is 67.8 Å². The summed E-state index contributed by atoms with van der Waals surface area (Å²) in [4.78, 5) is 41.3. The van der Waals surface area contributed by atoms with Crippen LogP contribution in [0.3, 0.4) is 0 Å². The Kier molecular flexibility index (Phi) is 11.7. The molecule has 0 unspecified atom stereocenters. The molecule has 4 aromatic carbocycles. The Balaban J connectivity index is 1.47. The Morgan fingerprint density at radius 1 is 0.692 bits per heavy atom. The molecule has 0 aromatic heterocycles. The van der Waals surface area contributed by atoms with Gasteiger partial charge in [-0.1, -0.05) is 31.2 Å². The zero-order valence-electron chi connectivity index (χ0n) is 28.8. The third kappa shape index (κ3) is 8.45. The number of anilines is 3. The van der Waals surface area contributed by atoms with Gasteiger partial charge in [-0.25, -0.2) is 16.8 Å². The molecule has 0 saturated carbocycles. The van der Waals surface area contributed by atoms with Gasteiger partial charge in [0, 0.05) is 42.6 Å². The molecule has 4 aromatic rings. The fourth-order valence-corrected chi connectivity index (χ4v) is 8.86. The van der Waals surface area contributed by atoms with Crippen molar-refractivity contribution in [2.75, 3.05) is 73.4 Å². The molecule has 52 heavy (non-hydrogen) atoms. The van der Waals surface area contributed by atoms with Crippen molar-refractivity contribution < 1.29 is 36.0 Å². The number of nitrogens with zero attached hydrogens (tertiary/aromatic N) is 4. The summed E-state index contributed by atoms with van der Waals surface area (Å²) in [5.41, 5.74) is 11.5. The van der Waals surface area contributed by atoms with Crippen molar-refractivity contribution >= 4 is 65.6 Å². The fourth-order valence-electron chi connectivity index (χ4n) is 5.96. The van der Waals surface area contributed by atoms with Crippen LogP contribution in [0, 0.1) is 0 Å². The number of likely N-dealkylation sites (N-methyl/N-ethyl adjacent to an activating group) is 1. The lowest BCUT2D eigenvalue weighted by atomic mass is 10.1. The van der Waals surface area contributed by atoms with Gasteiger partial charge >= 0.3 is 0 Å². The first kappa shape index (κ1) is 38.0. The van der Waals surface area contributed by atoms with Crippen molar-refractivity contribution in [2.24, 2.45) is 11.5 Å². The van der Waals surface area contributed by atoms with E-state index < -0.39 is 45.0 Å². The maximum Gasteiger partial charge on any atom is 0.264 e. The maximum atomic E-state index is 14.2. The quantitative estimate of drug-likeness (QED) is 0.161. The number of rotatable bonds is 15. The Morgan fingerprint density at radius 3 is 1.56 bits per heavy atom. The molecule has 0 aliphatic carbocycles. The van der Waals surface area contributed by atoms with Crippen LogP contribution in [-0.4, -0.2) is 104 Å². The fraction of sp³-hybridized carbons (Fsp3) is 0.286. The van der Waals surface area contributed by atoms with Crippen LogP contribution in [0.4, 0.5) is 17.1 Å². The Hall–Kier alpha value is -5.23. The van der Waals surface area contributed by atoms with Crippen molar-refractivity contribution in [3.05, 3.63) is 84.9 Å². The largest absolute Gasteiger partial charge is 0.497 e. The van der Waals surface area contributed by atoms with E-state index >= 15 is 0 Å². The van der Waals surface area contributed by atoms with Gasteiger partial charge in [0.05, 0.1) is 34.8 Å². The van der Waals surface area contributed by atoms with Crippen LogP contribution in [0.2, 0.25) is 0 Å². The van der Waals surface area contributed by atoms with E-state index in [9.17, 15) is 31.2 Å². The zero-order valence-corrected chi connectivity index (χ0v) is 30.4. The van der Waals surface area contributed by atoms with E-state index in [1.807, 2.05) is 0 Å². The molecular formula is C35H41N7O8S2. The average Bonchev–Trinajstić information content (AvgIpc) is 3.13. The molecule has 1 aliphatic rings. The van der Waals surface area contributed by atoms with Gasteiger partial charge in [-0.2, -0.15) is 0 Å². The number of amides is 3. The van der Waals surface area contributed by atoms with Crippen LogP contribution in [0.5, 0.6) is 5.75 Å². The number of carbonyl (C=O) groups excluding carboxylic acids is 3. The lowest BCUT2D eigenvalue weighted by Gasteiger charge is -2.33. The minimum absolute atomic E-state index is 0.0274. The van der Waals surface area contributed by atoms with E-state index in [0.717, 1.165) is 41.3 Å². The van der Waals surface area contributed by atoms with Crippen LogP contribution in [0.15, 0.2) is 94.7 Å². The minimum Gasteiger partial charge on any atom is -0.497 e. The second-order valence-corrected chi connectivity index (χ2v) is 15.8. The Labute approximate surface area is 302 Å². The van der Waals surface area contributed by atoms with E-state index in [-0.39, 0.29) is 44.4 Å². The smallest absolute Gasteiger partial charge is 0.264 e. The molecule has 0 bridgehead atoms. The SMILES string of the molecule is CCN1CCN(CC(=O)Nc2ccc(S(=O)(=O)N(CC(N)=O)c3ccc(N(CC(N)=O)S(=O)(=O)c4ccc(OC)cc4)c4ccccc34)cc2)CC1. The summed E-state index contributed by atoms with van der Waals surface area (Å²) in [5.74, 6) is -1.70. The number of hydrogen-bond donors (Lipinski definition) is 3. The zero-order chi connectivity index (χ0) is 37.6. The number of ether oxygens (including phenoxy) is 1. The number of nitrogens with two attached hydrogens (primary N) is 2. The highest BCUT2D eigenvalue weighted by atomic mass is 32.2. The second-order valence-electron chi connectivity index (χ2n) is 12.1. The summed E-state index contributed by atoms with van der Waals surface area (Å²) in [5, 5.41) is 3.29. The number of hydrogen-bond acceptors (Lipinski definition) is 10. The third-order valence-electron chi connectivity index (χ3n) is 8.67. The van der Waals surface area contributed by atoms with Gasteiger partial charge in [-0.05, 0) is 67.2 Å². The van der Waals surface area contributed by atoms with Crippen molar-refractivity contribution in [1.29, 1.82) is 0 Å². The molecule has 15 nitrogen and oxygen atoms in total. The molecule has 17 heteroatoms. The van der Waals surface area contributed by atoms with E-state index in [1.54, 1.807) is 24.3 Å². The van der Waals surface area contributed by atoms with Crippen molar-refractivity contribution in [3.63, 3.8) is 0 Å². The number of benzene rings is 4. The number of fused-ring (bicyclic) bond motifs is 1.